The molecular weight excluding hydrogens is 174 g/mol. The van der Waals surface area contributed by atoms with E-state index < -0.39 is 0 Å². The highest BCUT2D eigenvalue weighted by molar-refractivity contribution is 5.85. The number of hydrogen-bond donors (Lipinski definition) is 0. The normalized spacial score (nSPS) is 17.8. The van der Waals surface area contributed by atoms with Gasteiger partial charge in [-0.15, -0.1) is 0 Å². The van der Waals surface area contributed by atoms with Gasteiger partial charge in [0.2, 0.25) is 0 Å². The summed E-state index contributed by atoms with van der Waals surface area (Å²) in [5.74, 6) is 0.983. The van der Waals surface area contributed by atoms with Crippen molar-refractivity contribution in [3.8, 4) is 0 Å². The molecule has 0 saturated heterocycles. The lowest BCUT2D eigenvalue weighted by Crippen LogP contribution is -2.10. The number of Topliss-reactive ketones (excluding diaryl/α,β-unsaturated/α-hetero) is 1. The molecule has 0 aromatic carbocycles. The number of aromatic nitrogens is 1. The summed E-state index contributed by atoms with van der Waals surface area (Å²) >= 11 is 0. The molecule has 0 bridgehead atoms. The third-order valence-electron chi connectivity index (χ3n) is 2.80. The molecule has 0 aliphatic heterocycles. The number of ketones is 1. The van der Waals surface area contributed by atoms with E-state index in [0.717, 1.165) is 12.1 Å². The van der Waals surface area contributed by atoms with Crippen LogP contribution in [0.5, 0.6) is 0 Å². The van der Waals surface area contributed by atoms with Crippen LogP contribution in [0, 0.1) is 5.92 Å². The number of hydrogen-bond acceptors (Lipinski definition) is 2. The monoisotopic (exact) mass is 189 g/mol. The molecule has 1 aliphatic rings. The second-order valence-corrected chi connectivity index (χ2v) is 4.09. The fourth-order valence-electron chi connectivity index (χ4n) is 1.58. The van der Waals surface area contributed by atoms with Crippen molar-refractivity contribution in [2.24, 2.45) is 5.92 Å². The maximum Gasteiger partial charge on any atom is 0.141 e. The Kier molecular flexibility index (Phi) is 2.62. The van der Waals surface area contributed by atoms with E-state index in [1.807, 2.05) is 25.1 Å². The molecule has 1 heterocycles. The predicted octanol–water partition coefficient (Wildman–Crippen LogP) is 2.55. The molecule has 2 heteroatoms. The Hall–Kier alpha value is -1.18. The smallest absolute Gasteiger partial charge is 0.141 e. The van der Waals surface area contributed by atoms with Gasteiger partial charge in [-0.3, -0.25) is 9.78 Å². The number of carbonyl (C=O) groups is 1. The first-order chi connectivity index (χ1) is 6.77. The van der Waals surface area contributed by atoms with E-state index in [0.29, 0.717) is 11.7 Å². The van der Waals surface area contributed by atoms with E-state index in [2.05, 4.69) is 4.98 Å². The Bertz CT molecular complexity index is 316. The van der Waals surface area contributed by atoms with Gasteiger partial charge in [-0.1, -0.05) is 6.07 Å². The fourth-order valence-corrected chi connectivity index (χ4v) is 1.58. The van der Waals surface area contributed by atoms with Crippen molar-refractivity contribution < 1.29 is 4.79 Å². The Morgan fingerprint density at radius 2 is 2.36 bits per heavy atom. The second kappa shape index (κ2) is 3.91. The van der Waals surface area contributed by atoms with Gasteiger partial charge in [0.05, 0.1) is 11.6 Å². The number of pyridine rings is 1. The summed E-state index contributed by atoms with van der Waals surface area (Å²) in [5.41, 5.74) is 0.901. The summed E-state index contributed by atoms with van der Waals surface area (Å²) in [5, 5.41) is 0. The lowest BCUT2D eigenvalue weighted by atomic mass is 9.98. The molecule has 1 aromatic rings. The van der Waals surface area contributed by atoms with E-state index in [9.17, 15) is 4.79 Å². The SMILES string of the molecule is CC(C(=O)CC1CC1)c1ccccn1. The largest absolute Gasteiger partial charge is 0.299 e. The molecular formula is C12H15NO. The zero-order valence-corrected chi connectivity index (χ0v) is 8.44. The molecule has 1 saturated carbocycles. The average Bonchev–Trinajstić information content (AvgIpc) is 3.02. The zero-order valence-electron chi connectivity index (χ0n) is 8.44. The van der Waals surface area contributed by atoms with Crippen LogP contribution >= 0.6 is 0 Å². The summed E-state index contributed by atoms with van der Waals surface area (Å²) in [6.45, 7) is 1.95. The van der Waals surface area contributed by atoms with E-state index >= 15 is 0 Å². The van der Waals surface area contributed by atoms with Crippen molar-refractivity contribution in [2.75, 3.05) is 0 Å². The van der Waals surface area contributed by atoms with Gasteiger partial charge in [0.15, 0.2) is 0 Å². The maximum atomic E-state index is 11.8. The Morgan fingerprint density at radius 3 is 2.93 bits per heavy atom. The van der Waals surface area contributed by atoms with E-state index in [4.69, 9.17) is 0 Å². The third kappa shape index (κ3) is 2.19. The molecule has 0 amide bonds. The molecule has 74 valence electrons. The summed E-state index contributed by atoms with van der Waals surface area (Å²) in [6.07, 6.45) is 4.97. The molecule has 2 nitrogen and oxygen atoms in total. The minimum Gasteiger partial charge on any atom is -0.299 e. The van der Waals surface area contributed by atoms with Gasteiger partial charge in [0, 0.05) is 12.6 Å². The maximum absolute atomic E-state index is 11.8. The Labute approximate surface area is 84.4 Å². The lowest BCUT2D eigenvalue weighted by molar-refractivity contribution is -0.120. The van der Waals surface area contributed by atoms with Gasteiger partial charge in [-0.2, -0.15) is 0 Å². The standard InChI is InChI=1S/C12H15NO/c1-9(11-4-2-3-7-13-11)12(14)8-10-5-6-10/h2-4,7,9-10H,5-6,8H2,1H3. The summed E-state index contributed by atoms with van der Waals surface area (Å²) < 4.78 is 0. The van der Waals surface area contributed by atoms with Gasteiger partial charge < -0.3 is 0 Å². The molecule has 2 rings (SSSR count). The molecule has 0 N–H and O–H groups in total. The summed E-state index contributed by atoms with van der Waals surface area (Å²) in [4.78, 5) is 16.0. The molecule has 0 spiro atoms. The highest BCUT2D eigenvalue weighted by atomic mass is 16.1. The van der Waals surface area contributed by atoms with Crippen LogP contribution in [-0.4, -0.2) is 10.8 Å². The molecule has 1 aromatic heterocycles. The van der Waals surface area contributed by atoms with E-state index in [1.165, 1.54) is 12.8 Å². The molecule has 1 atom stereocenters. The van der Waals surface area contributed by atoms with Crippen molar-refractivity contribution in [1.82, 2.24) is 4.98 Å². The van der Waals surface area contributed by atoms with Crippen molar-refractivity contribution in [2.45, 2.75) is 32.1 Å². The van der Waals surface area contributed by atoms with Crippen LogP contribution in [0.4, 0.5) is 0 Å². The van der Waals surface area contributed by atoms with Crippen molar-refractivity contribution >= 4 is 5.78 Å². The first-order valence-corrected chi connectivity index (χ1v) is 5.21. The average molecular weight is 189 g/mol. The highest BCUT2D eigenvalue weighted by Gasteiger charge is 2.27. The van der Waals surface area contributed by atoms with Crippen LogP contribution in [0.25, 0.3) is 0 Å². The quantitative estimate of drug-likeness (QED) is 0.728. The summed E-state index contributed by atoms with van der Waals surface area (Å²) in [7, 11) is 0. The van der Waals surface area contributed by atoms with E-state index in [-0.39, 0.29) is 5.92 Å². The zero-order chi connectivity index (χ0) is 9.97. The van der Waals surface area contributed by atoms with Crippen LogP contribution < -0.4 is 0 Å². The van der Waals surface area contributed by atoms with Gasteiger partial charge >= 0.3 is 0 Å². The van der Waals surface area contributed by atoms with Crippen molar-refractivity contribution in [3.05, 3.63) is 30.1 Å². The first-order valence-electron chi connectivity index (χ1n) is 5.21. The van der Waals surface area contributed by atoms with Gasteiger partial charge in [-0.05, 0) is 37.8 Å². The van der Waals surface area contributed by atoms with Gasteiger partial charge in [0.25, 0.3) is 0 Å². The minimum atomic E-state index is -0.0307. The van der Waals surface area contributed by atoms with Crippen LogP contribution in [0.1, 0.15) is 37.8 Å². The van der Waals surface area contributed by atoms with Crippen LogP contribution in [0.15, 0.2) is 24.4 Å². The topological polar surface area (TPSA) is 30.0 Å². The fraction of sp³-hybridized carbons (Fsp3) is 0.500. The van der Waals surface area contributed by atoms with Gasteiger partial charge in [0.1, 0.15) is 5.78 Å². The predicted molar refractivity (Wildman–Crippen MR) is 55.0 cm³/mol. The highest BCUT2D eigenvalue weighted by Crippen LogP contribution is 2.34. The molecule has 1 fully saturated rings. The number of carbonyl (C=O) groups excluding carboxylic acids is 1. The van der Waals surface area contributed by atoms with Crippen molar-refractivity contribution in [1.29, 1.82) is 0 Å². The minimum absolute atomic E-state index is 0.0307. The molecule has 14 heavy (non-hydrogen) atoms. The van der Waals surface area contributed by atoms with E-state index in [1.54, 1.807) is 6.20 Å². The first kappa shape index (κ1) is 9.38. The molecule has 0 radical (unpaired) electrons. The Balaban J connectivity index is 1.99. The van der Waals surface area contributed by atoms with Crippen LogP contribution in [0.3, 0.4) is 0 Å². The number of nitrogens with zero attached hydrogens (tertiary/aromatic N) is 1. The second-order valence-electron chi connectivity index (χ2n) is 4.09. The lowest BCUT2D eigenvalue weighted by Gasteiger charge is -2.08. The Morgan fingerprint density at radius 1 is 1.57 bits per heavy atom. The summed E-state index contributed by atoms with van der Waals surface area (Å²) in [6, 6.07) is 5.74. The van der Waals surface area contributed by atoms with Crippen LogP contribution in [-0.2, 0) is 4.79 Å². The van der Waals surface area contributed by atoms with Gasteiger partial charge in [-0.25, -0.2) is 0 Å². The number of rotatable bonds is 4. The van der Waals surface area contributed by atoms with Crippen LogP contribution in [0.2, 0.25) is 0 Å². The van der Waals surface area contributed by atoms with Crippen molar-refractivity contribution in [3.63, 3.8) is 0 Å². The third-order valence-corrected chi connectivity index (χ3v) is 2.80. The molecule has 1 aliphatic carbocycles. The molecule has 1 unspecified atom stereocenters.